The van der Waals surface area contributed by atoms with Crippen molar-refractivity contribution in [2.45, 2.75) is 6.54 Å². The van der Waals surface area contributed by atoms with Crippen LogP contribution in [0.4, 0.5) is 5.69 Å². The summed E-state index contributed by atoms with van der Waals surface area (Å²) in [5, 5.41) is 12.6. The molecule has 2 N–H and O–H groups in total. The van der Waals surface area contributed by atoms with Gasteiger partial charge in [0.1, 0.15) is 0 Å². The molecule has 14 heavy (non-hydrogen) atoms. The largest absolute Gasteiger partial charge is 0.618 e. The third kappa shape index (κ3) is 0.885. The maximum atomic E-state index is 11.6. The Labute approximate surface area is 80.7 Å². The summed E-state index contributed by atoms with van der Waals surface area (Å²) in [7, 11) is 0. The highest BCUT2D eigenvalue weighted by molar-refractivity contribution is 5.91. The Balaban J connectivity index is 2.47. The molecule has 1 aliphatic heterocycles. The van der Waals surface area contributed by atoms with Crippen LogP contribution in [-0.4, -0.2) is 0 Å². The number of pyridine rings is 1. The van der Waals surface area contributed by atoms with Crippen LogP contribution in [0.1, 0.15) is 5.56 Å². The Morgan fingerprint density at radius 3 is 3.07 bits per heavy atom. The van der Waals surface area contributed by atoms with Crippen LogP contribution >= 0.6 is 0 Å². The second-order valence-electron chi connectivity index (χ2n) is 3.35. The molecule has 1 aromatic carbocycles. The molecule has 1 aliphatic rings. The van der Waals surface area contributed by atoms with Gasteiger partial charge in [0, 0.05) is 12.6 Å². The molecule has 2 aromatic rings. The van der Waals surface area contributed by atoms with Gasteiger partial charge in [-0.25, -0.2) is 5.43 Å². The van der Waals surface area contributed by atoms with Gasteiger partial charge in [0.2, 0.25) is 5.52 Å². The standard InChI is InChI=1S/C10H9N3O/c14-13-6-7-5-11-12-10(7)8-3-1-2-4-9(8)13/h1-4,6,11-12H,5H2. The molecular formula is C10H9N3O. The summed E-state index contributed by atoms with van der Waals surface area (Å²) in [5.74, 6) is 0. The Morgan fingerprint density at radius 1 is 1.29 bits per heavy atom. The molecule has 4 heteroatoms. The summed E-state index contributed by atoms with van der Waals surface area (Å²) in [5.41, 5.74) is 8.80. The van der Waals surface area contributed by atoms with Gasteiger partial charge in [-0.15, -0.1) is 0 Å². The van der Waals surface area contributed by atoms with Crippen LogP contribution in [0.25, 0.3) is 10.9 Å². The van der Waals surface area contributed by atoms with Gasteiger partial charge in [0.15, 0.2) is 6.20 Å². The maximum Gasteiger partial charge on any atom is 0.225 e. The van der Waals surface area contributed by atoms with E-state index in [0.29, 0.717) is 12.1 Å². The minimum Gasteiger partial charge on any atom is -0.618 e. The van der Waals surface area contributed by atoms with Crippen LogP contribution in [0.3, 0.4) is 0 Å². The number of hydrazine groups is 1. The van der Waals surface area contributed by atoms with E-state index in [4.69, 9.17) is 0 Å². The van der Waals surface area contributed by atoms with E-state index in [2.05, 4.69) is 10.9 Å². The Bertz CT molecular complexity index is 510. The molecule has 0 unspecified atom stereocenters. The number of para-hydroxylation sites is 1. The van der Waals surface area contributed by atoms with Crippen LogP contribution in [-0.2, 0) is 6.54 Å². The SMILES string of the molecule is [O-][n+]1cc2c(c3ccccc31)NNC2. The molecule has 0 saturated carbocycles. The molecule has 4 nitrogen and oxygen atoms in total. The molecule has 1 aromatic heterocycles. The summed E-state index contributed by atoms with van der Waals surface area (Å²) in [6, 6.07) is 7.57. The minimum absolute atomic E-state index is 0.697. The molecule has 70 valence electrons. The van der Waals surface area contributed by atoms with Crippen molar-refractivity contribution in [2.75, 3.05) is 5.43 Å². The fourth-order valence-corrected chi connectivity index (χ4v) is 1.84. The van der Waals surface area contributed by atoms with Gasteiger partial charge in [-0.2, -0.15) is 4.73 Å². The third-order valence-corrected chi connectivity index (χ3v) is 2.50. The number of hydrogen-bond acceptors (Lipinski definition) is 3. The molecule has 0 atom stereocenters. The number of fused-ring (bicyclic) bond motifs is 3. The highest BCUT2D eigenvalue weighted by Crippen LogP contribution is 2.26. The Hall–Kier alpha value is -1.81. The van der Waals surface area contributed by atoms with Gasteiger partial charge < -0.3 is 10.6 Å². The van der Waals surface area contributed by atoms with E-state index in [-0.39, 0.29) is 0 Å². The van der Waals surface area contributed by atoms with Crippen LogP contribution < -0.4 is 15.6 Å². The van der Waals surface area contributed by atoms with E-state index in [9.17, 15) is 5.21 Å². The molecule has 2 heterocycles. The number of benzene rings is 1. The van der Waals surface area contributed by atoms with E-state index >= 15 is 0 Å². The maximum absolute atomic E-state index is 11.6. The Morgan fingerprint density at radius 2 is 2.14 bits per heavy atom. The van der Waals surface area contributed by atoms with Crippen LogP contribution in [0.5, 0.6) is 0 Å². The summed E-state index contributed by atoms with van der Waals surface area (Å²) in [4.78, 5) is 0. The highest BCUT2D eigenvalue weighted by atomic mass is 16.5. The van der Waals surface area contributed by atoms with Crippen LogP contribution in [0.15, 0.2) is 30.5 Å². The highest BCUT2D eigenvalue weighted by Gasteiger charge is 2.18. The molecule has 0 fully saturated rings. The van der Waals surface area contributed by atoms with Crippen molar-refractivity contribution >= 4 is 16.6 Å². The first kappa shape index (κ1) is 7.58. The van der Waals surface area contributed by atoms with Crippen molar-refractivity contribution in [3.8, 4) is 0 Å². The molecule has 0 amide bonds. The molecule has 0 bridgehead atoms. The van der Waals surface area contributed by atoms with Gasteiger partial charge in [-0.3, -0.25) is 0 Å². The van der Waals surface area contributed by atoms with Gasteiger partial charge in [-0.05, 0) is 6.07 Å². The van der Waals surface area contributed by atoms with E-state index in [1.54, 1.807) is 6.20 Å². The zero-order chi connectivity index (χ0) is 9.54. The summed E-state index contributed by atoms with van der Waals surface area (Å²) < 4.78 is 0.919. The fraction of sp³-hybridized carbons (Fsp3) is 0.100. The van der Waals surface area contributed by atoms with Crippen molar-refractivity contribution in [1.82, 2.24) is 5.43 Å². The van der Waals surface area contributed by atoms with E-state index in [0.717, 1.165) is 21.4 Å². The summed E-state index contributed by atoms with van der Waals surface area (Å²) >= 11 is 0. The van der Waals surface area contributed by atoms with Crippen molar-refractivity contribution in [3.05, 3.63) is 41.2 Å². The lowest BCUT2D eigenvalue weighted by atomic mass is 10.1. The molecule has 0 spiro atoms. The van der Waals surface area contributed by atoms with Crippen molar-refractivity contribution < 1.29 is 4.73 Å². The van der Waals surface area contributed by atoms with Crippen molar-refractivity contribution in [2.24, 2.45) is 0 Å². The average Bonchev–Trinajstić information content (AvgIpc) is 2.66. The lowest BCUT2D eigenvalue weighted by Gasteiger charge is -2.05. The number of anilines is 1. The summed E-state index contributed by atoms with van der Waals surface area (Å²) in [6.45, 7) is 0.697. The second-order valence-corrected chi connectivity index (χ2v) is 3.35. The summed E-state index contributed by atoms with van der Waals surface area (Å²) in [6.07, 6.45) is 1.62. The lowest BCUT2D eigenvalue weighted by molar-refractivity contribution is -0.577. The average molecular weight is 187 g/mol. The smallest absolute Gasteiger partial charge is 0.225 e. The lowest BCUT2D eigenvalue weighted by Crippen LogP contribution is -2.27. The minimum atomic E-state index is 0.697. The fourth-order valence-electron chi connectivity index (χ4n) is 1.84. The van der Waals surface area contributed by atoms with Crippen LogP contribution in [0, 0.1) is 5.21 Å². The number of nitrogens with one attached hydrogen (secondary N) is 2. The quantitative estimate of drug-likeness (QED) is 0.476. The molecule has 0 aliphatic carbocycles. The number of rotatable bonds is 0. The topological polar surface area (TPSA) is 51.0 Å². The van der Waals surface area contributed by atoms with Crippen LogP contribution in [0.2, 0.25) is 0 Å². The first-order valence-corrected chi connectivity index (χ1v) is 4.49. The van der Waals surface area contributed by atoms with Crippen molar-refractivity contribution in [1.29, 1.82) is 0 Å². The zero-order valence-corrected chi connectivity index (χ0v) is 7.45. The zero-order valence-electron chi connectivity index (χ0n) is 7.45. The van der Waals surface area contributed by atoms with E-state index < -0.39 is 0 Å². The first-order chi connectivity index (χ1) is 6.86. The van der Waals surface area contributed by atoms with E-state index in [1.807, 2.05) is 24.3 Å². The molecule has 3 rings (SSSR count). The van der Waals surface area contributed by atoms with E-state index in [1.165, 1.54) is 0 Å². The monoisotopic (exact) mass is 187 g/mol. The van der Waals surface area contributed by atoms with Gasteiger partial charge in [0.05, 0.1) is 16.6 Å². The number of hydrogen-bond donors (Lipinski definition) is 2. The predicted molar refractivity (Wildman–Crippen MR) is 53.4 cm³/mol. The predicted octanol–water partition coefficient (Wildman–Crippen LogP) is 0.903. The number of nitrogens with zero attached hydrogens (tertiary/aromatic N) is 1. The number of aromatic nitrogens is 1. The third-order valence-electron chi connectivity index (χ3n) is 2.50. The molecular weight excluding hydrogens is 178 g/mol. The molecule has 0 saturated heterocycles. The van der Waals surface area contributed by atoms with Gasteiger partial charge in [-0.1, -0.05) is 12.1 Å². The van der Waals surface area contributed by atoms with Gasteiger partial charge >= 0.3 is 0 Å². The second kappa shape index (κ2) is 2.59. The normalized spacial score (nSPS) is 14.0. The van der Waals surface area contributed by atoms with Gasteiger partial charge in [0.25, 0.3) is 0 Å². The van der Waals surface area contributed by atoms with Crippen molar-refractivity contribution in [3.63, 3.8) is 0 Å². The first-order valence-electron chi connectivity index (χ1n) is 4.49. The Kier molecular flexibility index (Phi) is 1.40. The molecule has 0 radical (unpaired) electrons.